The number of rotatable bonds is 5. The van der Waals surface area contributed by atoms with Crippen molar-refractivity contribution in [1.29, 1.82) is 0 Å². The first kappa shape index (κ1) is 16.0. The molecule has 0 saturated carbocycles. The van der Waals surface area contributed by atoms with Gasteiger partial charge in [-0.2, -0.15) is 4.37 Å². The smallest absolute Gasteiger partial charge is 0.172 e. The van der Waals surface area contributed by atoms with E-state index in [9.17, 15) is 10.2 Å². The predicted molar refractivity (Wildman–Crippen MR) is 93.0 cm³/mol. The van der Waals surface area contributed by atoms with Crippen molar-refractivity contribution in [3.63, 3.8) is 0 Å². The van der Waals surface area contributed by atoms with Gasteiger partial charge in [-0.05, 0) is 17.1 Å². The van der Waals surface area contributed by atoms with E-state index in [2.05, 4.69) is 21.5 Å². The first-order valence-electron chi connectivity index (χ1n) is 7.70. The van der Waals surface area contributed by atoms with Crippen LogP contribution >= 0.6 is 23.3 Å². The Morgan fingerprint density at radius 2 is 2.17 bits per heavy atom. The molecule has 3 atom stereocenters. The van der Waals surface area contributed by atoms with Crippen LogP contribution in [0.1, 0.15) is 18.2 Å². The molecule has 2 aromatic heterocycles. The number of aliphatic hydroxyl groups excluding tert-OH is 2. The normalized spacial score (nSPS) is 24.0. The van der Waals surface area contributed by atoms with Gasteiger partial charge in [0.1, 0.15) is 17.8 Å². The maximum Gasteiger partial charge on any atom is 0.172 e. The van der Waals surface area contributed by atoms with Crippen molar-refractivity contribution in [1.82, 2.24) is 13.9 Å². The van der Waals surface area contributed by atoms with Crippen molar-refractivity contribution in [2.24, 2.45) is 0 Å². The molecule has 0 spiro atoms. The maximum absolute atomic E-state index is 10.0. The largest absolute Gasteiger partial charge is 0.394 e. The number of aromatic nitrogens is 3. The van der Waals surface area contributed by atoms with Crippen molar-refractivity contribution < 1.29 is 14.9 Å². The van der Waals surface area contributed by atoms with Gasteiger partial charge in [-0.15, -0.1) is 0 Å². The summed E-state index contributed by atoms with van der Waals surface area (Å²) in [7, 11) is 0. The molecule has 1 saturated heterocycles. The fraction of sp³-hybridized carbons (Fsp3) is 0.375. The maximum atomic E-state index is 10.0. The summed E-state index contributed by atoms with van der Waals surface area (Å²) in [6, 6.07) is 10.2. The topological polar surface area (TPSA) is 80.4 Å². The molecule has 8 heteroatoms. The van der Waals surface area contributed by atoms with Crippen LogP contribution in [0.15, 0.2) is 41.7 Å². The first-order chi connectivity index (χ1) is 11.8. The van der Waals surface area contributed by atoms with Crippen molar-refractivity contribution in [2.75, 3.05) is 6.61 Å². The second-order valence-electron chi connectivity index (χ2n) is 5.67. The minimum atomic E-state index is -0.670. The van der Waals surface area contributed by atoms with E-state index in [0.717, 1.165) is 21.3 Å². The van der Waals surface area contributed by atoms with E-state index in [1.807, 2.05) is 22.8 Å². The van der Waals surface area contributed by atoms with E-state index in [-0.39, 0.29) is 12.8 Å². The zero-order valence-corrected chi connectivity index (χ0v) is 14.4. The SMILES string of the molecule is OCC1OC(n2c(SCc3ccccc3)nc3sncc32)CC1O. The van der Waals surface area contributed by atoms with Crippen LogP contribution in [-0.2, 0) is 10.5 Å². The van der Waals surface area contributed by atoms with E-state index in [1.165, 1.54) is 17.1 Å². The highest BCUT2D eigenvalue weighted by molar-refractivity contribution is 7.98. The molecule has 24 heavy (non-hydrogen) atoms. The van der Waals surface area contributed by atoms with Gasteiger partial charge in [-0.25, -0.2) is 4.98 Å². The van der Waals surface area contributed by atoms with Crippen LogP contribution in [0.4, 0.5) is 0 Å². The second-order valence-corrected chi connectivity index (χ2v) is 7.39. The fourth-order valence-corrected chi connectivity index (χ4v) is 4.54. The van der Waals surface area contributed by atoms with Crippen molar-refractivity contribution in [3.05, 3.63) is 42.1 Å². The standard InChI is InChI=1S/C16H17N3O3S2/c20-8-13-12(21)6-14(22-13)19-11-7-17-24-15(11)18-16(19)23-9-10-4-2-1-3-5-10/h1-5,7,12-14,20-21H,6,8-9H2. The highest BCUT2D eigenvalue weighted by Gasteiger charge is 2.36. The summed E-state index contributed by atoms with van der Waals surface area (Å²) in [6.45, 7) is -0.191. The molecule has 1 aliphatic heterocycles. The molecule has 1 fully saturated rings. The summed E-state index contributed by atoms with van der Waals surface area (Å²) in [4.78, 5) is 5.52. The molecule has 3 heterocycles. The van der Waals surface area contributed by atoms with E-state index in [4.69, 9.17) is 4.74 Å². The predicted octanol–water partition coefficient (Wildman–Crippen LogP) is 2.43. The number of benzene rings is 1. The Morgan fingerprint density at radius 3 is 2.92 bits per heavy atom. The van der Waals surface area contributed by atoms with Crippen LogP contribution in [0.5, 0.6) is 0 Å². The second kappa shape index (κ2) is 6.81. The average Bonchev–Trinajstić information content (AvgIpc) is 3.27. The molecular formula is C16H17N3O3S2. The molecule has 1 aromatic carbocycles. The number of hydrogen-bond acceptors (Lipinski definition) is 7. The Balaban J connectivity index is 1.62. The van der Waals surface area contributed by atoms with Crippen LogP contribution in [0.25, 0.3) is 10.3 Å². The number of ether oxygens (including phenoxy) is 1. The molecule has 0 amide bonds. The van der Waals surface area contributed by atoms with Gasteiger partial charge >= 0.3 is 0 Å². The van der Waals surface area contributed by atoms with E-state index >= 15 is 0 Å². The molecule has 6 nitrogen and oxygen atoms in total. The molecule has 0 aliphatic carbocycles. The minimum Gasteiger partial charge on any atom is -0.394 e. The lowest BCUT2D eigenvalue weighted by Crippen LogP contribution is -2.24. The molecule has 4 rings (SSSR count). The summed E-state index contributed by atoms with van der Waals surface area (Å²) < 4.78 is 12.0. The quantitative estimate of drug-likeness (QED) is 0.678. The number of imidazole rings is 1. The van der Waals surface area contributed by atoms with Gasteiger partial charge in [-0.1, -0.05) is 42.1 Å². The van der Waals surface area contributed by atoms with Crippen LogP contribution < -0.4 is 0 Å². The average molecular weight is 363 g/mol. The van der Waals surface area contributed by atoms with Crippen LogP contribution in [0, 0.1) is 0 Å². The van der Waals surface area contributed by atoms with Crippen LogP contribution in [-0.4, -0.2) is 43.0 Å². The number of thioether (sulfide) groups is 1. The van der Waals surface area contributed by atoms with E-state index in [1.54, 1.807) is 18.0 Å². The molecule has 3 aromatic rings. The lowest BCUT2D eigenvalue weighted by molar-refractivity contribution is -0.0456. The van der Waals surface area contributed by atoms with Crippen molar-refractivity contribution >= 4 is 33.6 Å². The Morgan fingerprint density at radius 1 is 1.33 bits per heavy atom. The minimum absolute atomic E-state index is 0.191. The van der Waals surface area contributed by atoms with Gasteiger partial charge < -0.3 is 14.9 Å². The lowest BCUT2D eigenvalue weighted by Gasteiger charge is -2.16. The zero-order chi connectivity index (χ0) is 16.5. The Bertz CT molecular complexity index is 820. The molecule has 0 radical (unpaired) electrons. The first-order valence-corrected chi connectivity index (χ1v) is 9.46. The summed E-state index contributed by atoms with van der Waals surface area (Å²) in [6.07, 6.45) is 0.659. The number of nitrogens with zero attached hydrogens (tertiary/aromatic N) is 3. The Labute approximate surface area is 147 Å². The Kier molecular flexibility index (Phi) is 4.55. The number of aliphatic hydroxyl groups is 2. The van der Waals surface area contributed by atoms with E-state index in [0.29, 0.717) is 6.42 Å². The van der Waals surface area contributed by atoms with Crippen LogP contribution in [0.2, 0.25) is 0 Å². The fourth-order valence-electron chi connectivity index (χ4n) is 2.85. The molecular weight excluding hydrogens is 346 g/mol. The van der Waals surface area contributed by atoms with Gasteiger partial charge in [0.05, 0.1) is 18.9 Å². The van der Waals surface area contributed by atoms with Gasteiger partial charge in [0.25, 0.3) is 0 Å². The van der Waals surface area contributed by atoms with Gasteiger partial charge in [0.2, 0.25) is 0 Å². The van der Waals surface area contributed by atoms with Gasteiger partial charge in [0, 0.05) is 12.2 Å². The molecule has 126 valence electrons. The number of hydrogen-bond donors (Lipinski definition) is 2. The molecule has 3 unspecified atom stereocenters. The third kappa shape index (κ3) is 2.96. The third-order valence-corrected chi connectivity index (χ3v) is 5.79. The molecule has 2 N–H and O–H groups in total. The summed E-state index contributed by atoms with van der Waals surface area (Å²) in [5, 5.41) is 20.2. The van der Waals surface area contributed by atoms with Gasteiger partial charge in [-0.3, -0.25) is 4.57 Å². The lowest BCUT2D eigenvalue weighted by atomic mass is 10.2. The van der Waals surface area contributed by atoms with E-state index < -0.39 is 12.2 Å². The van der Waals surface area contributed by atoms with Crippen molar-refractivity contribution in [2.45, 2.75) is 35.8 Å². The monoisotopic (exact) mass is 363 g/mol. The number of fused-ring (bicyclic) bond motifs is 1. The highest BCUT2D eigenvalue weighted by atomic mass is 32.2. The Hall–Kier alpha value is -1.45. The van der Waals surface area contributed by atoms with Gasteiger partial charge in [0.15, 0.2) is 9.99 Å². The van der Waals surface area contributed by atoms with Crippen LogP contribution in [0.3, 0.4) is 0 Å². The zero-order valence-electron chi connectivity index (χ0n) is 12.8. The highest BCUT2D eigenvalue weighted by Crippen LogP contribution is 2.37. The summed E-state index contributed by atoms with van der Waals surface area (Å²) in [5.74, 6) is 0.803. The molecule has 1 aliphatic rings. The van der Waals surface area contributed by atoms with Crippen molar-refractivity contribution in [3.8, 4) is 0 Å². The summed E-state index contributed by atoms with van der Waals surface area (Å²) >= 11 is 2.98. The third-order valence-electron chi connectivity index (χ3n) is 4.08. The molecule has 0 bridgehead atoms. The summed E-state index contributed by atoms with van der Waals surface area (Å²) in [5.41, 5.74) is 2.13.